The Morgan fingerprint density at radius 2 is 1.93 bits per heavy atom. The summed E-state index contributed by atoms with van der Waals surface area (Å²) in [6, 6.07) is 0. The highest BCUT2D eigenvalue weighted by Gasteiger charge is 2.24. The van der Waals surface area contributed by atoms with Crippen molar-refractivity contribution >= 4 is 28.7 Å². The van der Waals surface area contributed by atoms with Crippen LogP contribution in [0.25, 0.3) is 0 Å². The molecule has 0 aliphatic heterocycles. The van der Waals surface area contributed by atoms with Crippen LogP contribution in [-0.4, -0.2) is 26.6 Å². The molecule has 0 fully saturated rings. The topological polar surface area (TPSA) is 123 Å². The number of unbranched alkanes of at least 4 members (excludes halogenated alkanes) is 1. The molecule has 0 bridgehead atoms. The first kappa shape index (κ1) is 20.7. The highest BCUT2D eigenvalue weighted by molar-refractivity contribution is 7.07. The van der Waals surface area contributed by atoms with Crippen LogP contribution in [0.1, 0.15) is 38.8 Å². The summed E-state index contributed by atoms with van der Waals surface area (Å²) in [5.41, 5.74) is 5.44. The van der Waals surface area contributed by atoms with Crippen molar-refractivity contribution in [3.8, 4) is 0 Å². The normalized spacial score (nSPS) is 10.9. The van der Waals surface area contributed by atoms with E-state index in [1.165, 1.54) is 14.0 Å². The second-order valence-electron chi connectivity index (χ2n) is 6.27. The molecule has 0 unspecified atom stereocenters. The van der Waals surface area contributed by atoms with Crippen LogP contribution < -0.4 is 26.8 Å². The third-order valence-corrected chi connectivity index (χ3v) is 5.12. The lowest BCUT2D eigenvalue weighted by Crippen LogP contribution is -2.43. The zero-order valence-corrected chi connectivity index (χ0v) is 16.6. The average Bonchev–Trinajstić information content (AvgIpc) is 2.92. The average molecular weight is 395 g/mol. The van der Waals surface area contributed by atoms with Gasteiger partial charge in [0.15, 0.2) is 5.69 Å². The first-order chi connectivity index (χ1) is 12.8. The van der Waals surface area contributed by atoms with E-state index in [1.807, 2.05) is 13.8 Å². The number of nitrogen functional groups attached to an aromatic ring is 1. The summed E-state index contributed by atoms with van der Waals surface area (Å²) < 4.78 is 2.63. The number of carbonyl (C=O) groups is 1. The van der Waals surface area contributed by atoms with Crippen LogP contribution in [0, 0.1) is 6.92 Å². The van der Waals surface area contributed by atoms with Gasteiger partial charge in [-0.1, -0.05) is 31.6 Å². The Bertz CT molecular complexity index is 984. The number of nitrogens with one attached hydrogen (secondary N) is 1. The largest absolute Gasteiger partial charge is 0.383 e. The molecule has 0 aliphatic rings. The maximum absolute atomic E-state index is 12.9. The first-order valence-corrected chi connectivity index (χ1v) is 9.77. The molecule has 2 aromatic heterocycles. The molecule has 0 radical (unpaired) electrons. The molecule has 9 nitrogen and oxygen atoms in total. The Balaban J connectivity index is 2.49. The number of nitrogens with two attached hydrogens (primary N) is 1. The number of aromatic nitrogens is 3. The Morgan fingerprint density at radius 1 is 1.22 bits per heavy atom. The molecule has 3 N–H and O–H groups in total. The fraction of sp³-hybridized carbons (Fsp3) is 0.529. The third kappa shape index (κ3) is 4.38. The standard InChI is InChI=1S/C17H25N5O4S/c1-4-6-8-21-14(18)13(15(24)19-16(21)25)20(7-5-2)12(23)9-22-11(3)10-27-17(22)26/h10H,4-9,18H2,1-3H3,(H,19,24,25). The highest BCUT2D eigenvalue weighted by atomic mass is 32.1. The molecule has 0 saturated carbocycles. The monoisotopic (exact) mass is 395 g/mol. The van der Waals surface area contributed by atoms with Gasteiger partial charge in [-0.15, -0.1) is 0 Å². The van der Waals surface area contributed by atoms with Crippen molar-refractivity contribution in [3.05, 3.63) is 41.6 Å². The van der Waals surface area contributed by atoms with Crippen molar-refractivity contribution < 1.29 is 4.79 Å². The molecule has 2 heterocycles. The van der Waals surface area contributed by atoms with E-state index in [9.17, 15) is 19.2 Å². The molecule has 2 rings (SSSR count). The molecule has 0 atom stereocenters. The van der Waals surface area contributed by atoms with Gasteiger partial charge < -0.3 is 10.6 Å². The van der Waals surface area contributed by atoms with Gasteiger partial charge in [-0.05, 0) is 19.8 Å². The van der Waals surface area contributed by atoms with Crippen LogP contribution in [0.3, 0.4) is 0 Å². The molecule has 0 aliphatic carbocycles. The van der Waals surface area contributed by atoms with Gasteiger partial charge in [0.1, 0.15) is 12.4 Å². The Morgan fingerprint density at radius 3 is 2.48 bits per heavy atom. The molecule has 0 aromatic carbocycles. The summed E-state index contributed by atoms with van der Waals surface area (Å²) in [6.45, 7) is 5.97. The molecule has 10 heteroatoms. The van der Waals surface area contributed by atoms with E-state index in [1.54, 1.807) is 12.3 Å². The van der Waals surface area contributed by atoms with Crippen LogP contribution >= 0.6 is 11.3 Å². The first-order valence-electron chi connectivity index (χ1n) is 8.89. The number of rotatable bonds is 8. The number of carbonyl (C=O) groups excluding carboxylic acids is 1. The van der Waals surface area contributed by atoms with Gasteiger partial charge in [0, 0.05) is 24.2 Å². The molecular weight excluding hydrogens is 370 g/mol. The van der Waals surface area contributed by atoms with E-state index < -0.39 is 17.2 Å². The molecule has 2 aromatic rings. The van der Waals surface area contributed by atoms with Crippen molar-refractivity contribution in [2.45, 2.75) is 53.1 Å². The van der Waals surface area contributed by atoms with Gasteiger partial charge in [0.05, 0.1) is 0 Å². The van der Waals surface area contributed by atoms with E-state index in [0.29, 0.717) is 25.1 Å². The van der Waals surface area contributed by atoms with E-state index in [0.717, 1.165) is 17.8 Å². The SMILES string of the molecule is CCCCn1c(N)c(N(CCC)C(=O)Cn2c(C)csc2=O)c(=O)[nH]c1=O. The molecule has 1 amide bonds. The molecule has 0 spiro atoms. The highest BCUT2D eigenvalue weighted by Crippen LogP contribution is 2.18. The second kappa shape index (κ2) is 8.85. The molecular formula is C17H25N5O4S. The van der Waals surface area contributed by atoms with Gasteiger partial charge in [-0.2, -0.15) is 0 Å². The summed E-state index contributed by atoms with van der Waals surface area (Å²) in [7, 11) is 0. The van der Waals surface area contributed by atoms with E-state index in [2.05, 4.69) is 4.98 Å². The number of nitrogens with zero attached hydrogens (tertiary/aromatic N) is 3. The van der Waals surface area contributed by atoms with Crippen LogP contribution in [0.5, 0.6) is 0 Å². The number of H-pyrrole nitrogens is 1. The quantitative estimate of drug-likeness (QED) is 0.687. The van der Waals surface area contributed by atoms with Crippen LogP contribution in [0.15, 0.2) is 19.8 Å². The summed E-state index contributed by atoms with van der Waals surface area (Å²) >= 11 is 1.01. The lowest BCUT2D eigenvalue weighted by Gasteiger charge is -2.24. The third-order valence-electron chi connectivity index (χ3n) is 4.24. The van der Waals surface area contributed by atoms with E-state index in [-0.39, 0.29) is 29.5 Å². The minimum Gasteiger partial charge on any atom is -0.383 e. The van der Waals surface area contributed by atoms with Crippen molar-refractivity contribution in [2.24, 2.45) is 0 Å². The maximum Gasteiger partial charge on any atom is 0.330 e. The number of amides is 1. The summed E-state index contributed by atoms with van der Waals surface area (Å²) in [6.07, 6.45) is 2.13. The van der Waals surface area contributed by atoms with Gasteiger partial charge in [-0.25, -0.2) is 4.79 Å². The van der Waals surface area contributed by atoms with Crippen molar-refractivity contribution in [1.82, 2.24) is 14.1 Å². The number of aromatic amines is 1. The Kier molecular flexibility index (Phi) is 6.78. The summed E-state index contributed by atoms with van der Waals surface area (Å²) in [5.74, 6) is -0.466. The predicted octanol–water partition coefficient (Wildman–Crippen LogP) is 0.894. The number of hydrogen-bond acceptors (Lipinski definition) is 6. The predicted molar refractivity (Wildman–Crippen MR) is 107 cm³/mol. The molecule has 27 heavy (non-hydrogen) atoms. The number of anilines is 2. The zero-order valence-electron chi connectivity index (χ0n) is 15.8. The lowest BCUT2D eigenvalue weighted by molar-refractivity contribution is -0.119. The van der Waals surface area contributed by atoms with Crippen LogP contribution in [0.2, 0.25) is 0 Å². The van der Waals surface area contributed by atoms with Gasteiger partial charge in [0.25, 0.3) is 5.56 Å². The van der Waals surface area contributed by atoms with E-state index in [4.69, 9.17) is 5.73 Å². The second-order valence-corrected chi connectivity index (χ2v) is 7.09. The minimum absolute atomic E-state index is 0.0339. The minimum atomic E-state index is -0.707. The van der Waals surface area contributed by atoms with Gasteiger partial charge in [-0.3, -0.25) is 28.5 Å². The maximum atomic E-state index is 12.9. The Hall–Kier alpha value is -2.62. The lowest BCUT2D eigenvalue weighted by atomic mass is 10.3. The Labute approximate surface area is 160 Å². The number of thiazole rings is 1. The molecule has 0 saturated heterocycles. The van der Waals surface area contributed by atoms with Gasteiger partial charge >= 0.3 is 10.6 Å². The number of aryl methyl sites for hydroxylation is 1. The fourth-order valence-corrected chi connectivity index (χ4v) is 3.51. The van der Waals surface area contributed by atoms with Crippen LogP contribution in [-0.2, 0) is 17.9 Å². The van der Waals surface area contributed by atoms with Gasteiger partial charge in [0.2, 0.25) is 5.91 Å². The van der Waals surface area contributed by atoms with Crippen molar-refractivity contribution in [3.63, 3.8) is 0 Å². The van der Waals surface area contributed by atoms with Crippen LogP contribution in [0.4, 0.5) is 11.5 Å². The fourth-order valence-electron chi connectivity index (χ4n) is 2.78. The summed E-state index contributed by atoms with van der Waals surface area (Å²) in [5, 5.41) is 1.67. The van der Waals surface area contributed by atoms with Crippen molar-refractivity contribution in [1.29, 1.82) is 0 Å². The smallest absolute Gasteiger partial charge is 0.330 e. The zero-order chi connectivity index (χ0) is 20.1. The number of hydrogen-bond donors (Lipinski definition) is 2. The van der Waals surface area contributed by atoms with Crippen molar-refractivity contribution in [2.75, 3.05) is 17.2 Å². The summed E-state index contributed by atoms with van der Waals surface area (Å²) in [4.78, 5) is 52.6. The van der Waals surface area contributed by atoms with E-state index >= 15 is 0 Å². The molecule has 148 valence electrons.